The van der Waals surface area contributed by atoms with E-state index in [1.807, 2.05) is 12.4 Å². The molecule has 0 aromatic carbocycles. The zero-order chi connectivity index (χ0) is 17.0. The van der Waals surface area contributed by atoms with Crippen molar-refractivity contribution in [2.45, 2.75) is 26.2 Å². The fourth-order valence-electron chi connectivity index (χ4n) is 2.66. The lowest BCUT2D eigenvalue weighted by molar-refractivity contribution is 0.0888. The van der Waals surface area contributed by atoms with Crippen molar-refractivity contribution in [1.82, 2.24) is 15.6 Å². The smallest absolute Gasteiger partial charge is 0.190 e. The molecule has 1 saturated heterocycles. The average molecular weight is 462 g/mol. The maximum Gasteiger partial charge on any atom is 0.190 e. The Balaban J connectivity index is 0.00000312. The molecule has 1 unspecified atom stereocenters. The molecule has 2 N–H and O–H groups in total. The lowest BCUT2D eigenvalue weighted by Gasteiger charge is -2.13. The molecule has 0 radical (unpaired) electrons. The Hall–Kier alpha value is -0.930. The molecule has 25 heavy (non-hydrogen) atoms. The summed E-state index contributed by atoms with van der Waals surface area (Å²) in [5.74, 6) is 1.43. The third kappa shape index (κ3) is 8.82. The first-order valence-electron chi connectivity index (χ1n) is 8.79. The van der Waals surface area contributed by atoms with Crippen LogP contribution in [0.5, 0.6) is 0 Å². The summed E-state index contributed by atoms with van der Waals surface area (Å²) in [7, 11) is 1.80. The molecule has 1 fully saturated rings. The molecular formula is C18H31IN4O2. The highest BCUT2D eigenvalue weighted by atomic mass is 127. The number of aryl methyl sites for hydroxylation is 1. The molecule has 7 heteroatoms. The molecule has 2 rings (SSSR count). The van der Waals surface area contributed by atoms with Gasteiger partial charge in [-0.2, -0.15) is 0 Å². The number of hydrogen-bond acceptors (Lipinski definition) is 4. The van der Waals surface area contributed by atoms with Gasteiger partial charge in [-0.3, -0.25) is 9.98 Å². The summed E-state index contributed by atoms with van der Waals surface area (Å²) < 4.78 is 11.0. The van der Waals surface area contributed by atoms with Crippen molar-refractivity contribution in [2.75, 3.05) is 46.6 Å². The Morgan fingerprint density at radius 2 is 2.24 bits per heavy atom. The number of rotatable bonds is 9. The molecule has 1 aliphatic heterocycles. The number of aromatic nitrogens is 1. The zero-order valence-corrected chi connectivity index (χ0v) is 17.6. The van der Waals surface area contributed by atoms with Crippen LogP contribution in [0.25, 0.3) is 0 Å². The molecule has 2 heterocycles. The first kappa shape index (κ1) is 22.1. The Bertz CT molecular complexity index is 508. The van der Waals surface area contributed by atoms with Crippen LogP contribution in [0.2, 0.25) is 0 Å². The third-order valence-corrected chi connectivity index (χ3v) is 4.18. The second-order valence-corrected chi connectivity index (χ2v) is 6.14. The van der Waals surface area contributed by atoms with E-state index in [0.29, 0.717) is 5.92 Å². The number of aliphatic imine (C=N–C) groups is 1. The summed E-state index contributed by atoms with van der Waals surface area (Å²) in [6, 6.07) is 2.07. The first-order valence-corrected chi connectivity index (χ1v) is 8.79. The van der Waals surface area contributed by atoms with Crippen molar-refractivity contribution in [2.24, 2.45) is 10.9 Å². The topological polar surface area (TPSA) is 67.8 Å². The minimum absolute atomic E-state index is 0. The van der Waals surface area contributed by atoms with Crippen LogP contribution in [0.4, 0.5) is 0 Å². The summed E-state index contributed by atoms with van der Waals surface area (Å²) in [5, 5.41) is 6.66. The Morgan fingerprint density at radius 1 is 1.40 bits per heavy atom. The first-order chi connectivity index (χ1) is 11.8. The molecule has 6 nitrogen and oxygen atoms in total. The summed E-state index contributed by atoms with van der Waals surface area (Å²) in [6.07, 6.45) is 6.80. The van der Waals surface area contributed by atoms with Gasteiger partial charge in [0.05, 0.1) is 13.2 Å². The van der Waals surface area contributed by atoms with E-state index in [0.717, 1.165) is 64.7 Å². The van der Waals surface area contributed by atoms with E-state index in [2.05, 4.69) is 33.6 Å². The summed E-state index contributed by atoms with van der Waals surface area (Å²) in [4.78, 5) is 8.37. The summed E-state index contributed by atoms with van der Waals surface area (Å²) in [6.45, 7) is 7.13. The Labute approximate surface area is 168 Å². The highest BCUT2D eigenvalue weighted by molar-refractivity contribution is 14.0. The van der Waals surface area contributed by atoms with Crippen LogP contribution in [-0.4, -0.2) is 57.5 Å². The number of hydrogen-bond donors (Lipinski definition) is 2. The van der Waals surface area contributed by atoms with Crippen LogP contribution < -0.4 is 10.6 Å². The summed E-state index contributed by atoms with van der Waals surface area (Å²) >= 11 is 0. The largest absolute Gasteiger partial charge is 0.381 e. The van der Waals surface area contributed by atoms with Gasteiger partial charge in [-0.25, -0.2) is 0 Å². The van der Waals surface area contributed by atoms with Crippen LogP contribution in [0.1, 0.15) is 24.0 Å². The molecule has 0 spiro atoms. The average Bonchev–Trinajstić information content (AvgIpc) is 3.11. The molecule has 0 saturated carbocycles. The fourth-order valence-corrected chi connectivity index (χ4v) is 2.66. The third-order valence-electron chi connectivity index (χ3n) is 4.18. The van der Waals surface area contributed by atoms with E-state index in [9.17, 15) is 0 Å². The number of nitrogens with one attached hydrogen (secondary N) is 2. The van der Waals surface area contributed by atoms with Gasteiger partial charge in [0.15, 0.2) is 5.96 Å². The Morgan fingerprint density at radius 3 is 2.96 bits per heavy atom. The van der Waals surface area contributed by atoms with Gasteiger partial charge in [0.25, 0.3) is 0 Å². The van der Waals surface area contributed by atoms with E-state index >= 15 is 0 Å². The number of halogens is 1. The predicted molar refractivity (Wildman–Crippen MR) is 112 cm³/mol. The van der Waals surface area contributed by atoms with Gasteiger partial charge in [-0.15, -0.1) is 24.0 Å². The van der Waals surface area contributed by atoms with Gasteiger partial charge in [0, 0.05) is 51.7 Å². The van der Waals surface area contributed by atoms with Crippen molar-refractivity contribution < 1.29 is 9.47 Å². The van der Waals surface area contributed by atoms with Crippen LogP contribution in [0, 0.1) is 12.8 Å². The minimum Gasteiger partial charge on any atom is -0.381 e. The molecule has 0 bridgehead atoms. The van der Waals surface area contributed by atoms with Crippen molar-refractivity contribution in [3.63, 3.8) is 0 Å². The maximum atomic E-state index is 5.70. The predicted octanol–water partition coefficient (Wildman–Crippen LogP) is 2.16. The highest BCUT2D eigenvalue weighted by Gasteiger charge is 2.15. The van der Waals surface area contributed by atoms with Gasteiger partial charge in [0.1, 0.15) is 0 Å². The summed E-state index contributed by atoms with van der Waals surface area (Å²) in [5.41, 5.74) is 2.55. The van der Waals surface area contributed by atoms with Gasteiger partial charge in [-0.1, -0.05) is 0 Å². The molecular weight excluding hydrogens is 431 g/mol. The van der Waals surface area contributed by atoms with E-state index in [1.165, 1.54) is 11.1 Å². The van der Waals surface area contributed by atoms with E-state index in [4.69, 9.17) is 9.47 Å². The van der Waals surface area contributed by atoms with Gasteiger partial charge >= 0.3 is 0 Å². The monoisotopic (exact) mass is 462 g/mol. The lowest BCUT2D eigenvalue weighted by Crippen LogP contribution is -2.39. The van der Waals surface area contributed by atoms with E-state index in [1.54, 1.807) is 7.05 Å². The zero-order valence-electron chi connectivity index (χ0n) is 15.3. The van der Waals surface area contributed by atoms with Gasteiger partial charge in [-0.05, 0) is 43.4 Å². The molecule has 1 atom stereocenters. The van der Waals surface area contributed by atoms with Gasteiger partial charge < -0.3 is 20.1 Å². The van der Waals surface area contributed by atoms with Crippen molar-refractivity contribution >= 4 is 29.9 Å². The normalized spacial score (nSPS) is 17.2. The number of ether oxygens (including phenoxy) is 2. The molecule has 0 aliphatic carbocycles. The molecule has 1 aromatic rings. The minimum atomic E-state index is 0. The molecule has 142 valence electrons. The standard InChI is InChI=1S/C18H30N4O2.HI/c1-15-12-20-8-4-17(15)5-9-22-18(19-2)21-7-3-10-23-13-16-6-11-24-14-16;/h4,8,12,16H,3,5-7,9-11,13-14H2,1-2H3,(H2,19,21,22);1H. The molecule has 1 aliphatic rings. The van der Waals surface area contributed by atoms with Crippen molar-refractivity contribution in [3.8, 4) is 0 Å². The highest BCUT2D eigenvalue weighted by Crippen LogP contribution is 2.12. The fraction of sp³-hybridized carbons (Fsp3) is 0.667. The van der Waals surface area contributed by atoms with E-state index < -0.39 is 0 Å². The SMILES string of the molecule is CN=C(NCCCOCC1CCOC1)NCCc1ccncc1C.I. The van der Waals surface area contributed by atoms with Crippen LogP contribution >= 0.6 is 24.0 Å². The maximum absolute atomic E-state index is 5.70. The van der Waals surface area contributed by atoms with Crippen molar-refractivity contribution in [1.29, 1.82) is 0 Å². The van der Waals surface area contributed by atoms with Crippen LogP contribution in [-0.2, 0) is 15.9 Å². The Kier molecular flexibility index (Phi) is 11.8. The van der Waals surface area contributed by atoms with Gasteiger partial charge in [0.2, 0.25) is 0 Å². The molecule has 1 aromatic heterocycles. The van der Waals surface area contributed by atoms with Crippen molar-refractivity contribution in [3.05, 3.63) is 29.6 Å². The number of pyridine rings is 1. The lowest BCUT2D eigenvalue weighted by atomic mass is 10.1. The second-order valence-electron chi connectivity index (χ2n) is 6.14. The number of guanidine groups is 1. The molecule has 0 amide bonds. The number of nitrogens with zero attached hydrogens (tertiary/aromatic N) is 2. The van der Waals surface area contributed by atoms with Crippen LogP contribution in [0.15, 0.2) is 23.5 Å². The second kappa shape index (κ2) is 13.3. The quantitative estimate of drug-likeness (QED) is 0.255. The van der Waals surface area contributed by atoms with Crippen LogP contribution in [0.3, 0.4) is 0 Å². The van der Waals surface area contributed by atoms with E-state index in [-0.39, 0.29) is 24.0 Å².